The molecule has 0 amide bonds. The average Bonchev–Trinajstić information content (AvgIpc) is 3.29. The molecule has 0 atom stereocenters. The fourth-order valence-corrected chi connectivity index (χ4v) is 3.29. The van der Waals surface area contributed by atoms with E-state index in [9.17, 15) is 4.79 Å². The largest absolute Gasteiger partial charge is 0.480 e. The third-order valence-corrected chi connectivity index (χ3v) is 5.00. The predicted octanol–water partition coefficient (Wildman–Crippen LogP) is 5.31. The molecule has 4 nitrogen and oxygen atoms in total. The summed E-state index contributed by atoms with van der Waals surface area (Å²) in [5.74, 6) is 0.972. The number of hydrogen-bond acceptors (Lipinski definition) is 5. The Morgan fingerprint density at radius 1 is 1.12 bits per heavy atom. The lowest BCUT2D eigenvalue weighted by atomic mass is 10.1. The molecule has 4 aromatic rings. The van der Waals surface area contributed by atoms with Crippen LogP contribution in [0.4, 0.5) is 0 Å². The maximum Gasteiger partial charge on any atom is 0.235 e. The van der Waals surface area contributed by atoms with Gasteiger partial charge in [-0.1, -0.05) is 6.07 Å². The van der Waals surface area contributed by atoms with Gasteiger partial charge in [0.1, 0.15) is 12.2 Å². The van der Waals surface area contributed by atoms with Crippen LogP contribution in [0.3, 0.4) is 0 Å². The number of benzene rings is 1. The standard InChI is InChI=1S/C20H16O4S/c1-12-9-15-17(10-13(12)2)24-19(16-6-3-7-22-16)20(18(15)21)23-11-14-5-4-8-25-14/h3-10H,11H2,1-2H3. The molecule has 0 aliphatic rings. The van der Waals surface area contributed by atoms with E-state index in [0.29, 0.717) is 29.1 Å². The monoisotopic (exact) mass is 352 g/mol. The van der Waals surface area contributed by atoms with Crippen molar-refractivity contribution in [3.8, 4) is 17.3 Å². The number of ether oxygens (including phenoxy) is 1. The third kappa shape index (κ3) is 2.87. The van der Waals surface area contributed by atoms with Crippen molar-refractivity contribution in [1.29, 1.82) is 0 Å². The van der Waals surface area contributed by atoms with Gasteiger partial charge in [0, 0.05) is 4.88 Å². The summed E-state index contributed by atoms with van der Waals surface area (Å²) >= 11 is 1.58. The Kier molecular flexibility index (Phi) is 3.93. The van der Waals surface area contributed by atoms with Crippen LogP contribution in [-0.2, 0) is 6.61 Å². The summed E-state index contributed by atoms with van der Waals surface area (Å²) in [5.41, 5.74) is 2.44. The highest BCUT2D eigenvalue weighted by atomic mass is 32.1. The molecule has 0 bridgehead atoms. The Morgan fingerprint density at radius 2 is 1.96 bits per heavy atom. The van der Waals surface area contributed by atoms with Crippen molar-refractivity contribution in [2.45, 2.75) is 20.5 Å². The maximum absolute atomic E-state index is 13.0. The van der Waals surface area contributed by atoms with Crippen LogP contribution in [-0.4, -0.2) is 0 Å². The molecule has 0 saturated carbocycles. The van der Waals surface area contributed by atoms with Gasteiger partial charge < -0.3 is 13.6 Å². The Bertz CT molecular complexity index is 1070. The summed E-state index contributed by atoms with van der Waals surface area (Å²) in [6.45, 7) is 4.27. The van der Waals surface area contributed by atoms with E-state index in [4.69, 9.17) is 13.6 Å². The molecule has 0 spiro atoms. The molecule has 0 saturated heterocycles. The highest BCUT2D eigenvalue weighted by Crippen LogP contribution is 2.32. The van der Waals surface area contributed by atoms with E-state index in [1.807, 2.05) is 43.5 Å². The van der Waals surface area contributed by atoms with Crippen molar-refractivity contribution in [3.63, 3.8) is 0 Å². The van der Waals surface area contributed by atoms with Crippen molar-refractivity contribution >= 4 is 22.3 Å². The SMILES string of the molecule is Cc1cc2oc(-c3ccco3)c(OCc3cccs3)c(=O)c2cc1C. The number of hydrogen-bond donors (Lipinski definition) is 0. The van der Waals surface area contributed by atoms with Gasteiger partial charge in [0.25, 0.3) is 0 Å². The number of rotatable bonds is 4. The van der Waals surface area contributed by atoms with E-state index < -0.39 is 0 Å². The minimum absolute atomic E-state index is 0.180. The first-order chi connectivity index (χ1) is 12.1. The smallest absolute Gasteiger partial charge is 0.235 e. The third-order valence-electron chi connectivity index (χ3n) is 4.15. The lowest BCUT2D eigenvalue weighted by Crippen LogP contribution is -2.10. The van der Waals surface area contributed by atoms with E-state index in [1.165, 1.54) is 0 Å². The van der Waals surface area contributed by atoms with E-state index >= 15 is 0 Å². The molecule has 1 aromatic carbocycles. The zero-order chi connectivity index (χ0) is 17.4. The molecule has 3 heterocycles. The zero-order valence-corrected chi connectivity index (χ0v) is 14.7. The molecule has 0 unspecified atom stereocenters. The summed E-state index contributed by atoms with van der Waals surface area (Å²) in [5, 5.41) is 2.49. The van der Waals surface area contributed by atoms with Gasteiger partial charge in [0.05, 0.1) is 11.6 Å². The predicted molar refractivity (Wildman–Crippen MR) is 98.3 cm³/mol. The Morgan fingerprint density at radius 3 is 2.68 bits per heavy atom. The fraction of sp³-hybridized carbons (Fsp3) is 0.150. The van der Waals surface area contributed by atoms with Crippen LogP contribution < -0.4 is 10.2 Å². The first kappa shape index (κ1) is 15.7. The summed E-state index contributed by atoms with van der Waals surface area (Å²) < 4.78 is 17.3. The fourth-order valence-electron chi connectivity index (χ4n) is 2.67. The molecule has 126 valence electrons. The van der Waals surface area contributed by atoms with Gasteiger partial charge in [-0.3, -0.25) is 4.79 Å². The van der Waals surface area contributed by atoms with Crippen molar-refractivity contribution < 1.29 is 13.6 Å². The molecule has 0 aliphatic heterocycles. The first-order valence-electron chi connectivity index (χ1n) is 7.90. The van der Waals surface area contributed by atoms with E-state index in [1.54, 1.807) is 29.7 Å². The van der Waals surface area contributed by atoms with Gasteiger partial charge in [-0.2, -0.15) is 0 Å². The quantitative estimate of drug-likeness (QED) is 0.499. The van der Waals surface area contributed by atoms with Gasteiger partial charge in [-0.15, -0.1) is 11.3 Å². The normalized spacial score (nSPS) is 11.1. The lowest BCUT2D eigenvalue weighted by molar-refractivity contribution is 0.299. The molecule has 4 rings (SSSR count). The second-order valence-electron chi connectivity index (χ2n) is 5.87. The molecule has 0 fully saturated rings. The van der Waals surface area contributed by atoms with Crippen molar-refractivity contribution in [3.05, 3.63) is 74.3 Å². The average molecular weight is 352 g/mol. The molecule has 0 N–H and O–H groups in total. The Balaban J connectivity index is 1.91. The highest BCUT2D eigenvalue weighted by molar-refractivity contribution is 7.09. The van der Waals surface area contributed by atoms with Crippen LogP contribution in [0.25, 0.3) is 22.5 Å². The number of fused-ring (bicyclic) bond motifs is 1. The van der Waals surface area contributed by atoms with Crippen molar-refractivity contribution in [2.75, 3.05) is 0 Å². The van der Waals surface area contributed by atoms with Gasteiger partial charge in [0.15, 0.2) is 5.76 Å². The number of thiophene rings is 1. The lowest BCUT2D eigenvalue weighted by Gasteiger charge is -2.11. The molecule has 5 heteroatoms. The van der Waals surface area contributed by atoms with Gasteiger partial charge in [-0.05, 0) is 60.7 Å². The summed E-state index contributed by atoms with van der Waals surface area (Å²) in [4.78, 5) is 14.1. The minimum Gasteiger partial charge on any atom is -0.480 e. The molecule has 0 aliphatic carbocycles. The van der Waals surface area contributed by atoms with Gasteiger partial charge in [-0.25, -0.2) is 0 Å². The van der Waals surface area contributed by atoms with Crippen LogP contribution in [0.5, 0.6) is 5.75 Å². The Labute approximate surface area is 148 Å². The highest BCUT2D eigenvalue weighted by Gasteiger charge is 2.20. The van der Waals surface area contributed by atoms with Gasteiger partial charge >= 0.3 is 0 Å². The number of aryl methyl sites for hydroxylation is 2. The number of furan rings is 1. The topological polar surface area (TPSA) is 52.6 Å². The van der Waals surface area contributed by atoms with E-state index in [-0.39, 0.29) is 11.2 Å². The minimum atomic E-state index is -0.188. The van der Waals surface area contributed by atoms with Gasteiger partial charge in [0.2, 0.25) is 16.9 Å². The van der Waals surface area contributed by atoms with Crippen LogP contribution in [0.1, 0.15) is 16.0 Å². The second kappa shape index (κ2) is 6.26. The summed E-state index contributed by atoms with van der Waals surface area (Å²) in [6, 6.07) is 11.1. The molecule has 25 heavy (non-hydrogen) atoms. The molecule has 0 radical (unpaired) electrons. The van der Waals surface area contributed by atoms with Crippen LogP contribution >= 0.6 is 11.3 Å². The summed E-state index contributed by atoms with van der Waals surface area (Å²) in [7, 11) is 0. The molecular weight excluding hydrogens is 336 g/mol. The first-order valence-corrected chi connectivity index (χ1v) is 8.78. The summed E-state index contributed by atoms with van der Waals surface area (Å²) in [6.07, 6.45) is 1.54. The van der Waals surface area contributed by atoms with Crippen LogP contribution in [0, 0.1) is 13.8 Å². The molecule has 3 aromatic heterocycles. The second-order valence-corrected chi connectivity index (χ2v) is 6.90. The Hall–Kier alpha value is -2.79. The van der Waals surface area contributed by atoms with Crippen LogP contribution in [0.15, 0.2) is 61.7 Å². The van der Waals surface area contributed by atoms with E-state index in [2.05, 4.69) is 0 Å². The maximum atomic E-state index is 13.0. The van der Waals surface area contributed by atoms with Crippen LogP contribution in [0.2, 0.25) is 0 Å². The van der Waals surface area contributed by atoms with Crippen molar-refractivity contribution in [1.82, 2.24) is 0 Å². The van der Waals surface area contributed by atoms with E-state index in [0.717, 1.165) is 16.0 Å². The molecular formula is C20H16O4S. The zero-order valence-electron chi connectivity index (χ0n) is 13.9. The van der Waals surface area contributed by atoms with Crippen molar-refractivity contribution in [2.24, 2.45) is 0 Å².